The molecule has 0 aliphatic heterocycles. The van der Waals surface area contributed by atoms with Gasteiger partial charge in [0, 0.05) is 48.2 Å². The van der Waals surface area contributed by atoms with E-state index in [2.05, 4.69) is 62.3 Å². The minimum Gasteiger partial charge on any atom is -0.497 e. The lowest BCUT2D eigenvalue weighted by molar-refractivity contribution is 0.395. The molecule has 0 bridgehead atoms. The molecule has 0 amide bonds. The molecule has 0 aliphatic carbocycles. The van der Waals surface area contributed by atoms with E-state index in [1.807, 2.05) is 42.7 Å². The van der Waals surface area contributed by atoms with E-state index in [9.17, 15) is 0 Å². The largest absolute Gasteiger partial charge is 0.497 e. The second kappa shape index (κ2) is 9.04. The number of ether oxygens (including phenoxy) is 2. The zero-order valence-electron chi connectivity index (χ0n) is 18.5. The highest BCUT2D eigenvalue weighted by atomic mass is 16.5. The summed E-state index contributed by atoms with van der Waals surface area (Å²) in [4.78, 5) is 8.97. The van der Waals surface area contributed by atoms with Crippen molar-refractivity contribution in [1.29, 1.82) is 0 Å². The SMILES string of the molecule is COc1ccc(Nc2cc3c(cn2)cc(-c2cccnc2)n3Cc2ccccc2)c(OC)c1. The number of fused-ring (bicyclic) bond motifs is 1. The lowest BCUT2D eigenvalue weighted by atomic mass is 10.2. The molecule has 6 heteroatoms. The molecule has 0 fully saturated rings. The molecule has 5 rings (SSSR count). The van der Waals surface area contributed by atoms with Crippen molar-refractivity contribution >= 4 is 22.4 Å². The van der Waals surface area contributed by atoms with Gasteiger partial charge in [0.05, 0.1) is 31.1 Å². The molecule has 2 aromatic carbocycles. The molecule has 33 heavy (non-hydrogen) atoms. The van der Waals surface area contributed by atoms with Crippen molar-refractivity contribution in [3.63, 3.8) is 0 Å². The zero-order chi connectivity index (χ0) is 22.6. The Kier molecular flexibility index (Phi) is 5.64. The number of hydrogen-bond acceptors (Lipinski definition) is 5. The smallest absolute Gasteiger partial charge is 0.146 e. The second-order valence-electron chi connectivity index (χ2n) is 7.66. The van der Waals surface area contributed by atoms with Crippen molar-refractivity contribution in [1.82, 2.24) is 14.5 Å². The fourth-order valence-corrected chi connectivity index (χ4v) is 3.95. The van der Waals surface area contributed by atoms with Crippen molar-refractivity contribution in [2.24, 2.45) is 0 Å². The van der Waals surface area contributed by atoms with E-state index >= 15 is 0 Å². The summed E-state index contributed by atoms with van der Waals surface area (Å²) in [5.74, 6) is 2.15. The summed E-state index contributed by atoms with van der Waals surface area (Å²) in [5.41, 5.74) is 5.30. The van der Waals surface area contributed by atoms with Crippen LogP contribution < -0.4 is 14.8 Å². The lowest BCUT2D eigenvalue weighted by Gasteiger charge is -2.14. The summed E-state index contributed by atoms with van der Waals surface area (Å²) >= 11 is 0. The summed E-state index contributed by atoms with van der Waals surface area (Å²) in [7, 11) is 3.28. The summed E-state index contributed by atoms with van der Waals surface area (Å²) in [5, 5.41) is 4.46. The van der Waals surface area contributed by atoms with Crippen LogP contribution in [-0.2, 0) is 6.54 Å². The van der Waals surface area contributed by atoms with Crippen LogP contribution in [0, 0.1) is 0 Å². The molecule has 0 atom stereocenters. The number of hydrogen-bond donors (Lipinski definition) is 1. The number of methoxy groups -OCH3 is 2. The van der Waals surface area contributed by atoms with Crippen LogP contribution >= 0.6 is 0 Å². The van der Waals surface area contributed by atoms with Crippen LogP contribution in [0.25, 0.3) is 22.2 Å². The minimum atomic E-state index is 0.687. The van der Waals surface area contributed by atoms with Crippen molar-refractivity contribution in [3.05, 3.63) is 97.0 Å². The molecule has 164 valence electrons. The first-order chi connectivity index (χ1) is 16.2. The maximum Gasteiger partial charge on any atom is 0.146 e. The molecular weight excluding hydrogens is 412 g/mol. The van der Waals surface area contributed by atoms with Crippen LogP contribution in [0.2, 0.25) is 0 Å². The molecule has 0 saturated carbocycles. The van der Waals surface area contributed by atoms with Gasteiger partial charge in [0.2, 0.25) is 0 Å². The summed E-state index contributed by atoms with van der Waals surface area (Å²) in [6.07, 6.45) is 5.58. The summed E-state index contributed by atoms with van der Waals surface area (Å²) in [6, 6.07) is 24.4. The van der Waals surface area contributed by atoms with Gasteiger partial charge in [-0.1, -0.05) is 30.3 Å². The lowest BCUT2D eigenvalue weighted by Crippen LogP contribution is -2.03. The van der Waals surface area contributed by atoms with Gasteiger partial charge in [-0.15, -0.1) is 0 Å². The highest BCUT2D eigenvalue weighted by Gasteiger charge is 2.14. The van der Waals surface area contributed by atoms with Crippen LogP contribution in [0.15, 0.2) is 91.4 Å². The van der Waals surface area contributed by atoms with E-state index in [1.54, 1.807) is 20.4 Å². The molecule has 0 unspecified atom stereocenters. The third kappa shape index (κ3) is 4.23. The maximum absolute atomic E-state index is 5.53. The van der Waals surface area contributed by atoms with Crippen LogP contribution in [0.1, 0.15) is 5.56 Å². The standard InChI is InChI=1S/C27H24N4O2/c1-32-22-10-11-23(26(14-22)33-2)30-27-15-25-21(17-29-27)13-24(20-9-6-12-28-16-20)31(25)18-19-7-4-3-5-8-19/h3-17H,18H2,1-2H3,(H,29,30). The zero-order valence-corrected chi connectivity index (χ0v) is 18.5. The van der Waals surface area contributed by atoms with E-state index in [-0.39, 0.29) is 0 Å². The van der Waals surface area contributed by atoms with E-state index in [0.29, 0.717) is 5.75 Å². The Hall–Kier alpha value is -4.32. The van der Waals surface area contributed by atoms with Gasteiger partial charge in [0.15, 0.2) is 0 Å². The van der Waals surface area contributed by atoms with Crippen LogP contribution in [0.5, 0.6) is 11.5 Å². The normalized spacial score (nSPS) is 10.8. The molecule has 5 aromatic rings. The van der Waals surface area contributed by atoms with Gasteiger partial charge in [0.25, 0.3) is 0 Å². The van der Waals surface area contributed by atoms with Crippen LogP contribution in [-0.4, -0.2) is 28.8 Å². The quantitative estimate of drug-likeness (QED) is 0.344. The van der Waals surface area contributed by atoms with Gasteiger partial charge in [-0.05, 0) is 35.9 Å². The first kappa shape index (κ1) is 20.6. The molecule has 3 aromatic heterocycles. The first-order valence-corrected chi connectivity index (χ1v) is 10.7. The van der Waals surface area contributed by atoms with Crippen LogP contribution in [0.3, 0.4) is 0 Å². The Bertz CT molecular complexity index is 1380. The van der Waals surface area contributed by atoms with E-state index in [4.69, 9.17) is 9.47 Å². The summed E-state index contributed by atoms with van der Waals surface area (Å²) < 4.78 is 13.1. The minimum absolute atomic E-state index is 0.687. The maximum atomic E-state index is 5.53. The van der Waals surface area contributed by atoms with Crippen molar-refractivity contribution in [2.45, 2.75) is 6.54 Å². The Balaban J connectivity index is 1.59. The second-order valence-corrected chi connectivity index (χ2v) is 7.66. The summed E-state index contributed by atoms with van der Waals surface area (Å²) in [6.45, 7) is 0.740. The van der Waals surface area contributed by atoms with Gasteiger partial charge in [-0.25, -0.2) is 4.98 Å². The van der Waals surface area contributed by atoms with Gasteiger partial charge in [-0.2, -0.15) is 0 Å². The average molecular weight is 437 g/mol. The number of aromatic nitrogens is 3. The number of nitrogens with zero attached hydrogens (tertiary/aromatic N) is 3. The van der Waals surface area contributed by atoms with E-state index in [1.165, 1.54) is 5.56 Å². The monoisotopic (exact) mass is 436 g/mol. The van der Waals surface area contributed by atoms with Crippen molar-refractivity contribution < 1.29 is 9.47 Å². The Labute approximate surface area is 192 Å². The number of anilines is 2. The third-order valence-electron chi connectivity index (χ3n) is 5.60. The number of nitrogens with one attached hydrogen (secondary N) is 1. The molecule has 3 heterocycles. The molecule has 1 N–H and O–H groups in total. The highest BCUT2D eigenvalue weighted by Crippen LogP contribution is 2.33. The number of pyridine rings is 2. The van der Waals surface area contributed by atoms with Gasteiger partial charge < -0.3 is 19.4 Å². The molecular formula is C27H24N4O2. The first-order valence-electron chi connectivity index (χ1n) is 10.7. The van der Waals surface area contributed by atoms with Crippen molar-refractivity contribution in [3.8, 4) is 22.8 Å². The number of benzene rings is 2. The van der Waals surface area contributed by atoms with Crippen molar-refractivity contribution in [2.75, 3.05) is 19.5 Å². The molecule has 6 nitrogen and oxygen atoms in total. The Morgan fingerprint density at radius 3 is 2.52 bits per heavy atom. The van der Waals surface area contributed by atoms with Gasteiger partial charge in [0.1, 0.15) is 17.3 Å². The van der Waals surface area contributed by atoms with Crippen LogP contribution in [0.4, 0.5) is 11.5 Å². The van der Waals surface area contributed by atoms with Gasteiger partial charge >= 0.3 is 0 Å². The fourth-order valence-electron chi connectivity index (χ4n) is 3.95. The predicted octanol–water partition coefficient (Wildman–Crippen LogP) is 5.91. The number of rotatable bonds is 7. The molecule has 0 aliphatic rings. The molecule has 0 saturated heterocycles. The third-order valence-corrected chi connectivity index (χ3v) is 5.60. The Morgan fingerprint density at radius 1 is 0.879 bits per heavy atom. The molecule has 0 spiro atoms. The average Bonchev–Trinajstić information content (AvgIpc) is 3.23. The Morgan fingerprint density at radius 2 is 1.76 bits per heavy atom. The topological polar surface area (TPSA) is 61.2 Å². The van der Waals surface area contributed by atoms with Gasteiger partial charge in [-0.3, -0.25) is 4.98 Å². The fraction of sp³-hybridized carbons (Fsp3) is 0.111. The van der Waals surface area contributed by atoms with E-state index in [0.717, 1.165) is 46.0 Å². The molecule has 0 radical (unpaired) electrons. The predicted molar refractivity (Wildman–Crippen MR) is 131 cm³/mol. The van der Waals surface area contributed by atoms with E-state index < -0.39 is 0 Å². The highest BCUT2D eigenvalue weighted by molar-refractivity contribution is 5.88.